The summed E-state index contributed by atoms with van der Waals surface area (Å²) in [5.74, 6) is 0. The Morgan fingerprint density at radius 2 is 1.62 bits per heavy atom. The van der Waals surface area contributed by atoms with Crippen molar-refractivity contribution in [1.82, 2.24) is 5.32 Å². The third-order valence-corrected chi connectivity index (χ3v) is 4.20. The summed E-state index contributed by atoms with van der Waals surface area (Å²) in [6.45, 7) is 1.12. The molecule has 1 saturated carbocycles. The van der Waals surface area contributed by atoms with E-state index >= 15 is 0 Å². The fourth-order valence-corrected chi connectivity index (χ4v) is 3.20. The van der Waals surface area contributed by atoms with Gasteiger partial charge in [0.25, 0.3) is 0 Å². The topological polar surface area (TPSA) is 15.0 Å². The van der Waals surface area contributed by atoms with Gasteiger partial charge in [0.2, 0.25) is 11.8 Å². The van der Waals surface area contributed by atoms with Crippen LogP contribution in [0.5, 0.6) is 0 Å². The summed E-state index contributed by atoms with van der Waals surface area (Å²) < 4.78 is 2.29. The van der Waals surface area contributed by atoms with Crippen LogP contribution in [-0.4, -0.2) is 29.0 Å². The summed E-state index contributed by atoms with van der Waals surface area (Å²) in [4.78, 5) is 0. The van der Waals surface area contributed by atoms with Crippen molar-refractivity contribution in [3.63, 3.8) is 0 Å². The molecule has 3 heteroatoms. The van der Waals surface area contributed by atoms with Crippen molar-refractivity contribution in [2.24, 2.45) is 0 Å². The predicted octanol–water partition coefficient (Wildman–Crippen LogP) is 3.09. The number of halogens is 1. The van der Waals surface area contributed by atoms with Gasteiger partial charge in [-0.3, -0.25) is 5.32 Å². The molecule has 0 amide bonds. The molecule has 92 valence electrons. The highest BCUT2D eigenvalue weighted by molar-refractivity contribution is 6.54. The Morgan fingerprint density at radius 3 is 2.38 bits per heavy atom. The monoisotopic (exact) mass is 243 g/mol. The molecular weight excluding hydrogens is 220 g/mol. The highest BCUT2D eigenvalue weighted by Crippen LogP contribution is 2.20. The molecule has 0 radical (unpaired) electrons. The van der Waals surface area contributed by atoms with Crippen molar-refractivity contribution in [1.29, 1.82) is 0 Å². The van der Waals surface area contributed by atoms with Crippen LogP contribution in [0.15, 0.2) is 0 Å². The van der Waals surface area contributed by atoms with Crippen LogP contribution in [0.25, 0.3) is 0 Å². The fraction of sp³-hybridized carbons (Fsp3) is 0.923. The van der Waals surface area contributed by atoms with Crippen LogP contribution in [0.2, 0.25) is 0 Å². The molecule has 1 saturated heterocycles. The number of rotatable bonds is 2. The normalized spacial score (nSPS) is 31.6. The quantitative estimate of drug-likeness (QED) is 0.737. The zero-order valence-electron chi connectivity index (χ0n) is 10.1. The Kier molecular flexibility index (Phi) is 5.11. The van der Waals surface area contributed by atoms with Gasteiger partial charge in [0.05, 0.1) is 0 Å². The summed E-state index contributed by atoms with van der Waals surface area (Å²) in [5, 5.41) is 3.81. The Bertz CT molecular complexity index is 234. The molecule has 2 nitrogen and oxygen atoms in total. The van der Waals surface area contributed by atoms with Gasteiger partial charge in [0.15, 0.2) is 0 Å². The number of hydrogen-bond acceptors (Lipinski definition) is 1. The summed E-state index contributed by atoms with van der Waals surface area (Å²) in [6.07, 6.45) is 12.6. The summed E-state index contributed by atoms with van der Waals surface area (Å²) in [7, 11) is 0. The van der Waals surface area contributed by atoms with Crippen LogP contribution >= 0.6 is 11.6 Å². The molecule has 0 spiro atoms. The lowest BCUT2D eigenvalue weighted by atomic mass is 9.95. The van der Waals surface area contributed by atoms with Gasteiger partial charge < -0.3 is 0 Å². The van der Waals surface area contributed by atoms with Crippen LogP contribution in [0.1, 0.15) is 57.8 Å². The Morgan fingerprint density at radius 1 is 0.938 bits per heavy atom. The Balaban J connectivity index is 1.89. The van der Waals surface area contributed by atoms with E-state index in [1.807, 2.05) is 0 Å². The number of hydrogen-bond donors (Lipinski definition) is 1. The molecule has 16 heavy (non-hydrogen) atoms. The van der Waals surface area contributed by atoms with Gasteiger partial charge >= 0.3 is 0 Å². The molecule has 1 aliphatic heterocycles. The molecule has 2 fully saturated rings. The van der Waals surface area contributed by atoms with E-state index < -0.39 is 0 Å². The molecule has 2 aliphatic rings. The van der Waals surface area contributed by atoms with E-state index in [1.54, 1.807) is 5.67 Å². The Hall–Kier alpha value is -0.0800. The van der Waals surface area contributed by atoms with Crippen LogP contribution in [0, 0.1) is 0 Å². The van der Waals surface area contributed by atoms with Gasteiger partial charge in [0.1, 0.15) is 6.54 Å². The SMILES string of the molecule is Cl/C=[N+]1\CCCCCC1NC1CCCCC1. The molecule has 0 aromatic rings. The lowest BCUT2D eigenvalue weighted by Crippen LogP contribution is -2.45. The van der Waals surface area contributed by atoms with Gasteiger partial charge in [-0.1, -0.05) is 19.3 Å². The van der Waals surface area contributed by atoms with Crippen molar-refractivity contribution in [2.75, 3.05) is 6.54 Å². The zero-order chi connectivity index (χ0) is 11.2. The predicted molar refractivity (Wildman–Crippen MR) is 69.3 cm³/mol. The van der Waals surface area contributed by atoms with E-state index in [1.165, 1.54) is 57.8 Å². The largest absolute Gasteiger partial charge is 0.257 e. The second kappa shape index (κ2) is 6.61. The second-order valence-corrected chi connectivity index (χ2v) is 5.40. The summed E-state index contributed by atoms with van der Waals surface area (Å²) in [5.41, 5.74) is 1.76. The van der Waals surface area contributed by atoms with Crippen molar-refractivity contribution in [2.45, 2.75) is 70.0 Å². The van der Waals surface area contributed by atoms with Gasteiger partial charge in [-0.2, -0.15) is 0 Å². The first-order valence-corrected chi connectivity index (χ1v) is 7.29. The highest BCUT2D eigenvalue weighted by atomic mass is 35.5. The first-order chi connectivity index (χ1) is 7.90. The van der Waals surface area contributed by atoms with E-state index in [4.69, 9.17) is 11.6 Å². The average Bonchev–Trinajstić information content (AvgIpc) is 2.55. The lowest BCUT2D eigenvalue weighted by Gasteiger charge is -2.26. The van der Waals surface area contributed by atoms with E-state index in [0.29, 0.717) is 6.17 Å². The third kappa shape index (κ3) is 3.46. The van der Waals surface area contributed by atoms with Gasteiger partial charge in [-0.15, -0.1) is 0 Å². The van der Waals surface area contributed by atoms with E-state index in [0.717, 1.165) is 12.6 Å². The second-order valence-electron chi connectivity index (χ2n) is 5.20. The first-order valence-electron chi connectivity index (χ1n) is 6.85. The van der Waals surface area contributed by atoms with E-state index in [-0.39, 0.29) is 0 Å². The maximum Gasteiger partial charge on any atom is 0.233 e. The minimum absolute atomic E-state index is 0.489. The number of nitrogens with zero attached hydrogens (tertiary/aromatic N) is 1. The standard InChI is InChI=1S/C13H24ClN2/c14-11-16-10-6-2-5-9-13(16)15-12-7-3-1-4-8-12/h11-13,15H,1-10H2/q+1/b16-11+. The maximum atomic E-state index is 5.93. The van der Waals surface area contributed by atoms with Crippen molar-refractivity contribution < 1.29 is 4.58 Å². The molecule has 0 aromatic carbocycles. The fourth-order valence-electron chi connectivity index (χ4n) is 2.97. The zero-order valence-corrected chi connectivity index (χ0v) is 10.9. The van der Waals surface area contributed by atoms with Crippen LogP contribution in [-0.2, 0) is 0 Å². The molecule has 2 rings (SSSR count). The number of nitrogens with one attached hydrogen (secondary N) is 1. The summed E-state index contributed by atoms with van der Waals surface area (Å²) >= 11 is 5.93. The minimum atomic E-state index is 0.489. The van der Waals surface area contributed by atoms with Crippen LogP contribution < -0.4 is 5.32 Å². The molecular formula is C13H24ClN2+. The molecule has 1 unspecified atom stereocenters. The van der Waals surface area contributed by atoms with Gasteiger partial charge in [0, 0.05) is 18.9 Å². The molecule has 1 aliphatic carbocycles. The smallest absolute Gasteiger partial charge is 0.233 e. The van der Waals surface area contributed by atoms with Crippen molar-refractivity contribution >= 4 is 17.3 Å². The lowest BCUT2D eigenvalue weighted by molar-refractivity contribution is -0.566. The van der Waals surface area contributed by atoms with Gasteiger partial charge in [-0.05, 0) is 37.3 Å². The first kappa shape index (κ1) is 12.4. The molecule has 0 aromatic heterocycles. The van der Waals surface area contributed by atoms with Gasteiger partial charge in [-0.25, -0.2) is 4.58 Å². The highest BCUT2D eigenvalue weighted by Gasteiger charge is 2.26. The van der Waals surface area contributed by atoms with Crippen molar-refractivity contribution in [3.8, 4) is 0 Å². The maximum absolute atomic E-state index is 5.93. The summed E-state index contributed by atoms with van der Waals surface area (Å²) in [6, 6.07) is 0.732. The molecule has 1 heterocycles. The molecule has 1 atom stereocenters. The molecule has 0 bridgehead atoms. The Labute approximate surface area is 104 Å². The van der Waals surface area contributed by atoms with Crippen LogP contribution in [0.3, 0.4) is 0 Å². The van der Waals surface area contributed by atoms with E-state index in [2.05, 4.69) is 9.89 Å². The van der Waals surface area contributed by atoms with Crippen LogP contribution in [0.4, 0.5) is 0 Å². The average molecular weight is 244 g/mol. The third-order valence-electron chi connectivity index (χ3n) is 3.95. The van der Waals surface area contributed by atoms with Crippen molar-refractivity contribution in [3.05, 3.63) is 0 Å². The molecule has 1 N–H and O–H groups in total. The minimum Gasteiger partial charge on any atom is -0.257 e. The van der Waals surface area contributed by atoms with E-state index in [9.17, 15) is 0 Å².